The number of hydrogen-bond donors (Lipinski definition) is 8. The molecule has 0 saturated carbocycles. The number of nitrogens with zero attached hydrogens (tertiary/aromatic N) is 4. The third-order valence-corrected chi connectivity index (χ3v) is 14.7. The smallest absolute Gasteiger partial charge is 0.337 e. The van der Waals surface area contributed by atoms with E-state index in [4.69, 9.17) is 63.7 Å². The fourth-order valence-electron chi connectivity index (χ4n) is 6.83. The molecule has 4 aromatic carbocycles. The minimum atomic E-state index is -3.77. The van der Waals surface area contributed by atoms with Crippen molar-refractivity contribution >= 4 is 113 Å². The van der Waals surface area contributed by atoms with Gasteiger partial charge in [-0.3, -0.25) is 19.5 Å². The van der Waals surface area contributed by atoms with Crippen molar-refractivity contribution in [2.45, 2.75) is 21.9 Å². The van der Waals surface area contributed by atoms with Gasteiger partial charge in [-0.1, -0.05) is 108 Å². The van der Waals surface area contributed by atoms with Crippen molar-refractivity contribution in [3.8, 4) is 0 Å². The van der Waals surface area contributed by atoms with Gasteiger partial charge >= 0.3 is 11.9 Å². The Morgan fingerprint density at radius 1 is 0.682 bits per heavy atom. The lowest BCUT2D eigenvalue weighted by molar-refractivity contribution is 0.0685. The van der Waals surface area contributed by atoms with Crippen LogP contribution in [0.1, 0.15) is 55.1 Å². The number of anilines is 4. The lowest BCUT2D eigenvalue weighted by Crippen LogP contribution is -2.41. The summed E-state index contributed by atoms with van der Waals surface area (Å²) in [5.41, 5.74) is 13.2. The summed E-state index contributed by atoms with van der Waals surface area (Å²) < 4.78 is 54.6. The summed E-state index contributed by atoms with van der Waals surface area (Å²) in [5, 5.41) is 24.2. The van der Waals surface area contributed by atoms with Crippen LogP contribution in [0.4, 0.5) is 23.0 Å². The number of carboxylic acid groups (broad SMARTS) is 2. The monoisotopic (exact) mass is 1010 g/mol. The molecule has 2 unspecified atom stereocenters. The Kier molecular flexibility index (Phi) is 15.3. The molecule has 2 atom stereocenters. The predicted octanol–water partition coefficient (Wildman–Crippen LogP) is 6.33. The Labute approximate surface area is 399 Å². The van der Waals surface area contributed by atoms with Gasteiger partial charge < -0.3 is 26.3 Å². The highest BCUT2D eigenvalue weighted by Gasteiger charge is 2.36. The lowest BCUT2D eigenvalue weighted by Gasteiger charge is -2.23. The highest BCUT2D eigenvalue weighted by molar-refractivity contribution is 7.93. The summed E-state index contributed by atoms with van der Waals surface area (Å²) in [4.78, 5) is 29.6. The maximum Gasteiger partial charge on any atom is 0.337 e. The molecule has 8 rings (SSSR count). The SMILES string of the molecule is CN1c2ccccc2C(NC(=S)NNc2ncc(C(=O)O)cc2Cl)c2ccccc2S1(=O)=O.CN1c2ccccc2C(NC=S)c2ccccc2S1(=O)=O.NNc1ncc(C(=O)O)cc1Cl. The van der Waals surface area contributed by atoms with E-state index in [0.717, 1.165) is 17.3 Å². The number of fused-ring (bicyclic) bond motifs is 4. The quantitative estimate of drug-likeness (QED) is 0.0470. The Hall–Kier alpha value is -6.66. The molecule has 0 bridgehead atoms. The number of benzene rings is 4. The normalized spacial score (nSPS) is 15.8. The summed E-state index contributed by atoms with van der Waals surface area (Å²) in [6, 6.07) is 30.0. The van der Waals surface area contributed by atoms with E-state index in [1.165, 1.54) is 39.5 Å². The van der Waals surface area contributed by atoms with Crippen LogP contribution in [0.5, 0.6) is 0 Å². The zero-order valence-corrected chi connectivity index (χ0v) is 39.2. The average Bonchev–Trinajstić information content (AvgIpc) is 3.42. The number of hydrogen-bond acceptors (Lipinski definition) is 13. The van der Waals surface area contributed by atoms with E-state index < -0.39 is 38.0 Å². The summed E-state index contributed by atoms with van der Waals surface area (Å²) in [7, 11) is -4.26. The molecule has 0 amide bonds. The molecule has 2 aliphatic rings. The van der Waals surface area contributed by atoms with Crippen LogP contribution in [0.3, 0.4) is 0 Å². The lowest BCUT2D eigenvalue weighted by atomic mass is 9.97. The first-order chi connectivity index (χ1) is 31.4. The molecule has 2 aliphatic heterocycles. The van der Waals surface area contributed by atoms with Gasteiger partial charge in [0.1, 0.15) is 0 Å². The van der Waals surface area contributed by atoms with Crippen LogP contribution in [0.25, 0.3) is 0 Å². The standard InChI is InChI=1S/C21H18ClN5O4S2.C15H14N2O2S2.C6H6ClN3O2/c1-27-16-8-4-2-6-13(16)18(14-7-3-5-9-17(14)33(27,30)31)24-21(32)26-25-19-15(22)10-12(11-23-19)20(28)29;1-17-13-8-4-2-6-11(13)15(16-10-20)12-7-3-5-9-14(12)21(17,18)19;7-4-1-3(6(11)12)2-9-5(4)10-8/h2-11,18H,1H3,(H,23,25)(H,28,29)(H2,24,26,32);2-10,15H,1H3,(H,16,20);1-2H,8H2,(H,9,10)(H,11,12). The van der Waals surface area contributed by atoms with E-state index in [1.807, 2.05) is 42.5 Å². The van der Waals surface area contributed by atoms with Crippen molar-refractivity contribution in [1.29, 1.82) is 0 Å². The van der Waals surface area contributed by atoms with Crippen molar-refractivity contribution in [1.82, 2.24) is 26.0 Å². The number of para-hydroxylation sites is 2. The van der Waals surface area contributed by atoms with Crippen LogP contribution in [0.15, 0.2) is 131 Å². The summed E-state index contributed by atoms with van der Waals surface area (Å²) in [5.74, 6) is 3.24. The first-order valence-electron chi connectivity index (χ1n) is 19.0. The molecular formula is C42H38Cl2N10O8S4. The van der Waals surface area contributed by atoms with Crippen molar-refractivity contribution in [2.75, 3.05) is 33.6 Å². The number of carbonyl (C=O) groups is 2. The van der Waals surface area contributed by atoms with Gasteiger partial charge in [0.2, 0.25) is 0 Å². The van der Waals surface area contributed by atoms with Gasteiger partial charge in [0, 0.05) is 37.6 Å². The fraction of sp³-hybridized carbons (Fsp3) is 0.0952. The highest BCUT2D eigenvalue weighted by atomic mass is 35.5. The van der Waals surface area contributed by atoms with E-state index >= 15 is 0 Å². The van der Waals surface area contributed by atoms with Crippen molar-refractivity contribution < 1.29 is 36.6 Å². The molecule has 24 heteroatoms. The van der Waals surface area contributed by atoms with Crippen LogP contribution in [-0.2, 0) is 20.0 Å². The molecule has 2 aromatic heterocycles. The number of pyridine rings is 2. The summed E-state index contributed by atoms with van der Waals surface area (Å²) >= 11 is 22.0. The van der Waals surface area contributed by atoms with Gasteiger partial charge in [-0.15, -0.1) is 0 Å². The molecule has 0 saturated heterocycles. The number of carboxylic acids is 2. The minimum Gasteiger partial charge on any atom is -0.478 e. The van der Waals surface area contributed by atoms with E-state index in [0.29, 0.717) is 27.4 Å². The Morgan fingerprint density at radius 2 is 1.09 bits per heavy atom. The highest BCUT2D eigenvalue weighted by Crippen LogP contribution is 2.41. The fourth-order valence-corrected chi connectivity index (χ4v) is 10.5. The maximum atomic E-state index is 13.2. The number of rotatable bonds is 8. The molecule has 18 nitrogen and oxygen atoms in total. The Balaban J connectivity index is 0.000000185. The number of halogens is 2. The third-order valence-electron chi connectivity index (χ3n) is 10.0. The number of aromatic carboxylic acids is 2. The van der Waals surface area contributed by atoms with Crippen LogP contribution in [0, 0.1) is 0 Å². The Morgan fingerprint density at radius 3 is 1.53 bits per heavy atom. The predicted molar refractivity (Wildman–Crippen MR) is 260 cm³/mol. The molecule has 6 aromatic rings. The van der Waals surface area contributed by atoms with Gasteiger partial charge in [-0.05, 0) is 59.7 Å². The van der Waals surface area contributed by atoms with Gasteiger partial charge in [0.05, 0.1) is 59.9 Å². The molecule has 4 heterocycles. The number of nitrogen functional groups attached to an aromatic ring is 1. The zero-order chi connectivity index (χ0) is 47.9. The summed E-state index contributed by atoms with van der Waals surface area (Å²) in [6.45, 7) is 0. The Bertz CT molecular complexity index is 3080. The number of hydrazine groups is 2. The third kappa shape index (κ3) is 10.2. The molecule has 342 valence electrons. The number of sulfonamides is 2. The number of nitrogens with two attached hydrogens (primary N) is 1. The van der Waals surface area contributed by atoms with Gasteiger partial charge in [0.25, 0.3) is 20.0 Å². The molecule has 9 N–H and O–H groups in total. The first kappa shape index (κ1) is 48.8. The van der Waals surface area contributed by atoms with Crippen LogP contribution in [-0.4, -0.2) is 73.7 Å². The molecule has 0 spiro atoms. The largest absolute Gasteiger partial charge is 0.478 e. The van der Waals surface area contributed by atoms with Crippen molar-refractivity contribution in [2.24, 2.45) is 5.84 Å². The van der Waals surface area contributed by atoms with Crippen LogP contribution in [0.2, 0.25) is 10.0 Å². The van der Waals surface area contributed by atoms with Crippen molar-refractivity contribution in [3.05, 3.63) is 165 Å². The first-order valence-corrected chi connectivity index (χ1v) is 23.5. The van der Waals surface area contributed by atoms with E-state index in [2.05, 4.69) is 36.9 Å². The van der Waals surface area contributed by atoms with E-state index in [9.17, 15) is 26.4 Å². The maximum absolute atomic E-state index is 13.2. The van der Waals surface area contributed by atoms with Crippen molar-refractivity contribution in [3.63, 3.8) is 0 Å². The topological polar surface area (TPSA) is 261 Å². The van der Waals surface area contributed by atoms with E-state index in [1.54, 1.807) is 61.6 Å². The van der Waals surface area contributed by atoms with Crippen LogP contribution < -0.4 is 41.4 Å². The molecule has 0 fully saturated rings. The van der Waals surface area contributed by atoms with Gasteiger partial charge in [0.15, 0.2) is 16.7 Å². The van der Waals surface area contributed by atoms with Gasteiger partial charge in [-0.25, -0.2) is 42.2 Å². The van der Waals surface area contributed by atoms with Crippen LogP contribution >= 0.6 is 47.6 Å². The molecular weight excluding hydrogens is 972 g/mol. The zero-order valence-electron chi connectivity index (χ0n) is 34.4. The van der Waals surface area contributed by atoms with E-state index in [-0.39, 0.29) is 48.9 Å². The van der Waals surface area contributed by atoms with Gasteiger partial charge in [-0.2, -0.15) is 0 Å². The summed E-state index contributed by atoms with van der Waals surface area (Å²) in [6.07, 6.45) is 2.33. The number of thiocarbonyl (C=S) groups is 2. The molecule has 0 aliphatic carbocycles. The molecule has 66 heavy (non-hydrogen) atoms. The minimum absolute atomic E-state index is 0.0269. The number of aromatic nitrogens is 2. The second-order valence-electron chi connectivity index (χ2n) is 13.9. The number of nitrogens with one attached hydrogen (secondary N) is 5. The average molecular weight is 1010 g/mol. The second-order valence-corrected chi connectivity index (χ2v) is 19.2. The molecule has 0 radical (unpaired) electrons. The second kappa shape index (κ2) is 20.7.